The van der Waals surface area contributed by atoms with Crippen molar-refractivity contribution in [3.05, 3.63) is 53.1 Å². The first-order valence-corrected chi connectivity index (χ1v) is 8.47. The maximum Gasteiger partial charge on any atom is 0.374 e. The van der Waals surface area contributed by atoms with Gasteiger partial charge in [0.2, 0.25) is 5.76 Å². The monoisotopic (exact) mass is 364 g/mol. The Hall–Kier alpha value is -2.54. The summed E-state index contributed by atoms with van der Waals surface area (Å²) in [5.74, 6) is -2.30. The molecule has 0 saturated heterocycles. The zero-order chi connectivity index (χ0) is 18.7. The maximum absolute atomic E-state index is 12.1. The van der Waals surface area contributed by atoms with Gasteiger partial charge in [0.15, 0.2) is 0 Å². The summed E-state index contributed by atoms with van der Waals surface area (Å²) in [6.45, 7) is 4.84. The lowest BCUT2D eigenvalue weighted by Gasteiger charge is -2.07. The van der Waals surface area contributed by atoms with Crippen LogP contribution in [-0.4, -0.2) is 31.1 Å². The molecule has 0 radical (unpaired) electrons. The summed E-state index contributed by atoms with van der Waals surface area (Å²) in [5.41, 5.74) is 0. The number of allylic oxidation sites excluding steroid dienone is 2. The standard InChI is InChI=1S/C18H20O6S/c1-4-22-17(20)15(24-13(3)19)11-12-16(18(21)23-5-2)25-14-9-7-6-8-10-14/h6-12H,4-5H2,1-3H3/b15-11-,16-12+. The Bertz CT molecular complexity index is 663. The highest BCUT2D eigenvalue weighted by Crippen LogP contribution is 2.27. The van der Waals surface area contributed by atoms with Crippen LogP contribution in [0.1, 0.15) is 20.8 Å². The lowest BCUT2D eigenvalue weighted by Crippen LogP contribution is -2.13. The molecule has 0 saturated carbocycles. The smallest absolute Gasteiger partial charge is 0.374 e. The summed E-state index contributed by atoms with van der Waals surface area (Å²) < 4.78 is 14.7. The van der Waals surface area contributed by atoms with E-state index in [4.69, 9.17) is 14.2 Å². The Kier molecular flexibility index (Phi) is 9.10. The molecule has 134 valence electrons. The molecule has 0 heterocycles. The molecule has 0 aliphatic heterocycles. The van der Waals surface area contributed by atoms with E-state index in [-0.39, 0.29) is 23.9 Å². The fourth-order valence-corrected chi connectivity index (χ4v) is 2.44. The number of ether oxygens (including phenoxy) is 3. The SMILES string of the molecule is CCOC(=O)/C(=C/C=C(/Sc1ccccc1)C(=O)OCC)OC(C)=O. The Morgan fingerprint density at radius 3 is 2.12 bits per heavy atom. The first-order valence-electron chi connectivity index (χ1n) is 7.65. The molecule has 0 spiro atoms. The van der Waals surface area contributed by atoms with Crippen LogP contribution < -0.4 is 0 Å². The number of carbonyl (C=O) groups excluding carboxylic acids is 3. The molecular formula is C18H20O6S. The van der Waals surface area contributed by atoms with Gasteiger partial charge in [0.25, 0.3) is 0 Å². The average Bonchev–Trinajstić information content (AvgIpc) is 2.58. The van der Waals surface area contributed by atoms with Crippen molar-refractivity contribution in [2.45, 2.75) is 25.7 Å². The minimum atomic E-state index is -0.790. The van der Waals surface area contributed by atoms with Gasteiger partial charge in [-0.1, -0.05) is 30.0 Å². The minimum absolute atomic E-state index is 0.130. The van der Waals surface area contributed by atoms with E-state index < -0.39 is 17.9 Å². The van der Waals surface area contributed by atoms with Crippen LogP contribution in [0.15, 0.2) is 58.0 Å². The molecule has 0 fully saturated rings. The molecule has 1 rings (SSSR count). The van der Waals surface area contributed by atoms with E-state index in [2.05, 4.69) is 0 Å². The number of thioether (sulfide) groups is 1. The summed E-state index contributed by atoms with van der Waals surface area (Å²) in [6.07, 6.45) is 2.59. The highest BCUT2D eigenvalue weighted by atomic mass is 32.2. The maximum atomic E-state index is 12.1. The topological polar surface area (TPSA) is 78.9 Å². The molecule has 0 aliphatic rings. The average molecular weight is 364 g/mol. The van der Waals surface area contributed by atoms with E-state index in [1.807, 2.05) is 30.3 Å². The van der Waals surface area contributed by atoms with Gasteiger partial charge >= 0.3 is 17.9 Å². The van der Waals surface area contributed by atoms with E-state index in [0.29, 0.717) is 0 Å². The normalized spacial score (nSPS) is 11.6. The van der Waals surface area contributed by atoms with Crippen LogP contribution in [0.3, 0.4) is 0 Å². The van der Waals surface area contributed by atoms with Crippen molar-refractivity contribution in [1.82, 2.24) is 0 Å². The van der Waals surface area contributed by atoms with E-state index in [0.717, 1.165) is 4.90 Å². The molecule has 0 N–H and O–H groups in total. The molecule has 0 atom stereocenters. The van der Waals surface area contributed by atoms with Crippen molar-refractivity contribution in [1.29, 1.82) is 0 Å². The molecule has 0 unspecified atom stereocenters. The number of esters is 3. The third-order valence-electron chi connectivity index (χ3n) is 2.56. The second-order valence-electron chi connectivity index (χ2n) is 4.51. The fourth-order valence-electron chi connectivity index (χ4n) is 1.61. The van der Waals surface area contributed by atoms with Crippen LogP contribution in [0.2, 0.25) is 0 Å². The number of carbonyl (C=O) groups is 3. The molecular weight excluding hydrogens is 344 g/mol. The number of hydrogen-bond acceptors (Lipinski definition) is 7. The van der Waals surface area contributed by atoms with Crippen LogP contribution >= 0.6 is 11.8 Å². The number of rotatable bonds is 8. The predicted octanol–water partition coefficient (Wildman–Crippen LogP) is 3.24. The van der Waals surface area contributed by atoms with Crippen LogP contribution in [0.25, 0.3) is 0 Å². The molecule has 1 aromatic carbocycles. The Morgan fingerprint density at radius 2 is 1.56 bits per heavy atom. The third-order valence-corrected chi connectivity index (χ3v) is 3.59. The molecule has 0 aromatic heterocycles. The van der Waals surface area contributed by atoms with Gasteiger partial charge in [-0.2, -0.15) is 0 Å². The second-order valence-corrected chi connectivity index (χ2v) is 5.63. The van der Waals surface area contributed by atoms with Gasteiger partial charge in [-0.05, 0) is 38.1 Å². The summed E-state index contributed by atoms with van der Waals surface area (Å²) in [4.78, 5) is 36.1. The van der Waals surface area contributed by atoms with Gasteiger partial charge in [-0.3, -0.25) is 4.79 Å². The molecule has 6 nitrogen and oxygen atoms in total. The fraction of sp³-hybridized carbons (Fsp3) is 0.278. The molecule has 25 heavy (non-hydrogen) atoms. The highest BCUT2D eigenvalue weighted by Gasteiger charge is 2.16. The van der Waals surface area contributed by atoms with Crippen molar-refractivity contribution < 1.29 is 28.6 Å². The molecule has 7 heteroatoms. The van der Waals surface area contributed by atoms with Crippen LogP contribution in [-0.2, 0) is 28.6 Å². The Labute approximate surface area is 150 Å². The van der Waals surface area contributed by atoms with Crippen molar-refractivity contribution in [2.24, 2.45) is 0 Å². The molecule has 1 aromatic rings. The van der Waals surface area contributed by atoms with Gasteiger partial charge in [-0.15, -0.1) is 0 Å². The van der Waals surface area contributed by atoms with E-state index >= 15 is 0 Å². The van der Waals surface area contributed by atoms with Crippen molar-refractivity contribution in [3.63, 3.8) is 0 Å². The quantitative estimate of drug-likeness (QED) is 0.175. The zero-order valence-electron chi connectivity index (χ0n) is 14.3. The van der Waals surface area contributed by atoms with Crippen molar-refractivity contribution in [3.8, 4) is 0 Å². The highest BCUT2D eigenvalue weighted by molar-refractivity contribution is 8.04. The number of benzene rings is 1. The van der Waals surface area contributed by atoms with Crippen LogP contribution in [0.4, 0.5) is 0 Å². The third kappa shape index (κ3) is 7.71. The Morgan fingerprint density at radius 1 is 0.960 bits per heavy atom. The van der Waals surface area contributed by atoms with Gasteiger partial charge in [0, 0.05) is 11.8 Å². The van der Waals surface area contributed by atoms with Gasteiger partial charge < -0.3 is 14.2 Å². The summed E-state index contributed by atoms with van der Waals surface area (Å²) in [5, 5.41) is 0. The number of hydrogen-bond donors (Lipinski definition) is 0. The van der Waals surface area contributed by atoms with Crippen LogP contribution in [0.5, 0.6) is 0 Å². The first-order chi connectivity index (χ1) is 12.0. The largest absolute Gasteiger partial charge is 0.462 e. The van der Waals surface area contributed by atoms with E-state index in [1.54, 1.807) is 13.8 Å². The molecule has 0 bridgehead atoms. The zero-order valence-corrected chi connectivity index (χ0v) is 15.1. The van der Waals surface area contributed by atoms with Gasteiger partial charge in [-0.25, -0.2) is 9.59 Å². The molecule has 0 aliphatic carbocycles. The Balaban J connectivity index is 3.13. The van der Waals surface area contributed by atoms with Gasteiger partial charge in [0.05, 0.1) is 18.1 Å². The summed E-state index contributed by atoms with van der Waals surface area (Å²) in [7, 11) is 0. The summed E-state index contributed by atoms with van der Waals surface area (Å²) >= 11 is 1.17. The van der Waals surface area contributed by atoms with Crippen LogP contribution in [0, 0.1) is 0 Å². The second kappa shape index (κ2) is 11.1. The predicted molar refractivity (Wildman–Crippen MR) is 93.5 cm³/mol. The lowest BCUT2D eigenvalue weighted by molar-refractivity contribution is -0.150. The van der Waals surface area contributed by atoms with E-state index in [9.17, 15) is 14.4 Å². The van der Waals surface area contributed by atoms with Gasteiger partial charge in [0.1, 0.15) is 0 Å². The van der Waals surface area contributed by atoms with E-state index in [1.165, 1.54) is 30.8 Å². The minimum Gasteiger partial charge on any atom is -0.462 e. The first kappa shape index (κ1) is 20.5. The van der Waals surface area contributed by atoms with Crippen molar-refractivity contribution in [2.75, 3.05) is 13.2 Å². The lowest BCUT2D eigenvalue weighted by atomic mass is 10.4. The summed E-state index contributed by atoms with van der Waals surface area (Å²) in [6, 6.07) is 9.20. The van der Waals surface area contributed by atoms with Crippen molar-refractivity contribution >= 4 is 29.7 Å². The molecule has 0 amide bonds.